The maximum Gasteiger partial charge on any atom is 0.253 e. The number of benzene rings is 1. The Bertz CT molecular complexity index is 528. The summed E-state index contributed by atoms with van der Waals surface area (Å²) in [6.07, 6.45) is 1.96. The van der Waals surface area contributed by atoms with E-state index in [1.54, 1.807) is 0 Å². The van der Waals surface area contributed by atoms with Gasteiger partial charge in [-0.05, 0) is 37.5 Å². The van der Waals surface area contributed by atoms with Gasteiger partial charge in [-0.3, -0.25) is 4.79 Å². The normalized spacial score (nSPS) is 19.6. The highest BCUT2D eigenvalue weighted by molar-refractivity contribution is 5.98. The zero-order chi connectivity index (χ0) is 14.5. The van der Waals surface area contributed by atoms with Crippen molar-refractivity contribution in [3.05, 3.63) is 29.6 Å². The number of hydrogen-bond acceptors (Lipinski definition) is 4. The number of nitrogens with two attached hydrogens (primary N) is 1. The van der Waals surface area contributed by atoms with Crippen LogP contribution in [0.1, 0.15) is 24.8 Å². The molecule has 1 fully saturated rings. The Morgan fingerprint density at radius 3 is 2.90 bits per heavy atom. The Balaban J connectivity index is 2.07. The van der Waals surface area contributed by atoms with E-state index < -0.39 is 11.9 Å². The van der Waals surface area contributed by atoms with Gasteiger partial charge >= 0.3 is 0 Å². The molecule has 20 heavy (non-hydrogen) atoms. The molecule has 1 aliphatic heterocycles. The number of carbonyl (C=O) groups excluding carboxylic acids is 1. The van der Waals surface area contributed by atoms with E-state index in [-0.39, 0.29) is 23.0 Å². The Morgan fingerprint density at radius 1 is 1.50 bits per heavy atom. The van der Waals surface area contributed by atoms with Gasteiger partial charge in [0.2, 0.25) is 0 Å². The fourth-order valence-corrected chi connectivity index (χ4v) is 1.99. The number of anilines is 1. The van der Waals surface area contributed by atoms with Crippen LogP contribution < -0.4 is 11.1 Å². The van der Waals surface area contributed by atoms with E-state index in [9.17, 15) is 9.18 Å². The summed E-state index contributed by atoms with van der Waals surface area (Å²) in [7, 11) is 0. The van der Waals surface area contributed by atoms with Crippen molar-refractivity contribution in [1.29, 1.82) is 0 Å². The fourth-order valence-electron chi connectivity index (χ4n) is 1.99. The zero-order valence-electron chi connectivity index (χ0n) is 10.8. The Hall–Kier alpha value is -2.15. The molecule has 1 amide bonds. The molecule has 1 aliphatic rings. The van der Waals surface area contributed by atoms with Crippen LogP contribution in [0.2, 0.25) is 0 Å². The topological polar surface area (TPSA) is 96.9 Å². The molecule has 0 radical (unpaired) electrons. The van der Waals surface area contributed by atoms with Crippen molar-refractivity contribution in [2.24, 2.45) is 10.9 Å². The lowest BCUT2D eigenvalue weighted by Crippen LogP contribution is -2.33. The average Bonchev–Trinajstić information content (AvgIpc) is 2.49. The number of oxime groups is 1. The van der Waals surface area contributed by atoms with Crippen molar-refractivity contribution in [1.82, 2.24) is 0 Å². The lowest BCUT2D eigenvalue weighted by atomic mass is 10.1. The molecule has 0 aliphatic carbocycles. The van der Waals surface area contributed by atoms with Gasteiger partial charge in [-0.25, -0.2) is 4.39 Å². The van der Waals surface area contributed by atoms with Gasteiger partial charge in [-0.2, -0.15) is 0 Å². The van der Waals surface area contributed by atoms with Gasteiger partial charge in [-0.15, -0.1) is 0 Å². The molecule has 2 rings (SSSR count). The molecular weight excluding hydrogens is 265 g/mol. The van der Waals surface area contributed by atoms with Gasteiger partial charge in [0, 0.05) is 12.2 Å². The highest BCUT2D eigenvalue weighted by Crippen LogP contribution is 2.19. The van der Waals surface area contributed by atoms with E-state index >= 15 is 0 Å². The molecular formula is C13H16FN3O3. The second-order valence-corrected chi connectivity index (χ2v) is 4.52. The van der Waals surface area contributed by atoms with Gasteiger partial charge in [0.25, 0.3) is 5.91 Å². The van der Waals surface area contributed by atoms with Crippen molar-refractivity contribution in [3.63, 3.8) is 0 Å². The summed E-state index contributed by atoms with van der Waals surface area (Å²) in [6.45, 7) is 0.545. The molecule has 1 heterocycles. The van der Waals surface area contributed by atoms with Crippen LogP contribution in [0.4, 0.5) is 10.1 Å². The number of halogens is 1. The molecule has 0 saturated carbocycles. The number of rotatable bonds is 3. The Labute approximate surface area is 115 Å². The first-order valence-electron chi connectivity index (χ1n) is 6.31. The Morgan fingerprint density at radius 2 is 2.30 bits per heavy atom. The molecule has 1 aromatic rings. The number of hydrogen-bond donors (Lipinski definition) is 3. The predicted molar refractivity (Wildman–Crippen MR) is 71.1 cm³/mol. The molecule has 1 aromatic carbocycles. The minimum Gasteiger partial charge on any atom is -0.409 e. The predicted octanol–water partition coefficient (Wildman–Crippen LogP) is 1.43. The zero-order valence-corrected chi connectivity index (χ0v) is 10.8. The van der Waals surface area contributed by atoms with Crippen LogP contribution in [-0.2, 0) is 9.53 Å². The van der Waals surface area contributed by atoms with Crippen LogP contribution >= 0.6 is 0 Å². The standard InChI is InChI=1S/C13H16FN3O3/c14-9-7-8(12(15)17-19)4-5-10(9)16-13(18)11-3-1-2-6-20-11/h4-5,7,11,19H,1-3,6H2,(H2,15,17)(H,16,18). The number of amides is 1. The van der Waals surface area contributed by atoms with Gasteiger partial charge in [0.15, 0.2) is 5.84 Å². The first kappa shape index (κ1) is 14.3. The SMILES string of the molecule is N/C(=N/O)c1ccc(NC(=O)C2CCCCO2)c(F)c1. The summed E-state index contributed by atoms with van der Waals surface area (Å²) in [4.78, 5) is 11.9. The number of ether oxygens (including phenoxy) is 1. The summed E-state index contributed by atoms with van der Waals surface area (Å²) in [5.41, 5.74) is 5.63. The maximum absolute atomic E-state index is 13.8. The number of amidine groups is 1. The van der Waals surface area contributed by atoms with Crippen molar-refractivity contribution < 1.29 is 19.1 Å². The first-order valence-corrected chi connectivity index (χ1v) is 6.31. The Kier molecular flexibility index (Phi) is 4.52. The van der Waals surface area contributed by atoms with Gasteiger partial charge < -0.3 is 21.0 Å². The van der Waals surface area contributed by atoms with E-state index in [4.69, 9.17) is 15.7 Å². The maximum atomic E-state index is 13.8. The monoisotopic (exact) mass is 281 g/mol. The fraction of sp³-hybridized carbons (Fsp3) is 0.385. The summed E-state index contributed by atoms with van der Waals surface area (Å²) >= 11 is 0. The molecule has 1 saturated heterocycles. The third-order valence-electron chi connectivity index (χ3n) is 3.10. The number of nitrogens with one attached hydrogen (secondary N) is 1. The third-order valence-corrected chi connectivity index (χ3v) is 3.10. The molecule has 7 heteroatoms. The van der Waals surface area contributed by atoms with Crippen LogP contribution in [0.15, 0.2) is 23.4 Å². The first-order chi connectivity index (χ1) is 9.61. The molecule has 0 spiro atoms. The van der Waals surface area contributed by atoms with Crippen molar-refractivity contribution in [3.8, 4) is 0 Å². The van der Waals surface area contributed by atoms with Crippen LogP contribution in [0.25, 0.3) is 0 Å². The molecule has 1 unspecified atom stereocenters. The molecule has 0 bridgehead atoms. The summed E-state index contributed by atoms with van der Waals surface area (Å²) < 4.78 is 19.2. The van der Waals surface area contributed by atoms with Gasteiger partial charge in [0.1, 0.15) is 11.9 Å². The molecule has 4 N–H and O–H groups in total. The molecule has 6 nitrogen and oxygen atoms in total. The lowest BCUT2D eigenvalue weighted by Gasteiger charge is -2.21. The van der Waals surface area contributed by atoms with Crippen molar-refractivity contribution in [2.45, 2.75) is 25.4 Å². The van der Waals surface area contributed by atoms with E-state index in [1.165, 1.54) is 12.1 Å². The molecule has 108 valence electrons. The van der Waals surface area contributed by atoms with Crippen LogP contribution in [0.5, 0.6) is 0 Å². The summed E-state index contributed by atoms with van der Waals surface area (Å²) in [5, 5.41) is 13.8. The van der Waals surface area contributed by atoms with E-state index in [0.29, 0.717) is 13.0 Å². The molecule has 0 aromatic heterocycles. The van der Waals surface area contributed by atoms with Gasteiger partial charge in [-0.1, -0.05) is 5.16 Å². The quantitative estimate of drug-likeness (QED) is 0.338. The minimum absolute atomic E-state index is 0.0404. The smallest absolute Gasteiger partial charge is 0.253 e. The van der Waals surface area contributed by atoms with Crippen molar-refractivity contribution >= 4 is 17.4 Å². The minimum atomic E-state index is -0.654. The van der Waals surface area contributed by atoms with E-state index in [0.717, 1.165) is 18.9 Å². The highest BCUT2D eigenvalue weighted by atomic mass is 19.1. The van der Waals surface area contributed by atoms with E-state index in [1.807, 2.05) is 0 Å². The van der Waals surface area contributed by atoms with Crippen LogP contribution in [0.3, 0.4) is 0 Å². The van der Waals surface area contributed by atoms with Crippen LogP contribution in [0, 0.1) is 5.82 Å². The number of carbonyl (C=O) groups is 1. The average molecular weight is 281 g/mol. The second kappa shape index (κ2) is 6.33. The van der Waals surface area contributed by atoms with Crippen LogP contribution in [-0.4, -0.2) is 29.7 Å². The summed E-state index contributed by atoms with van der Waals surface area (Å²) in [6, 6.07) is 3.91. The summed E-state index contributed by atoms with van der Waals surface area (Å²) in [5.74, 6) is -1.21. The van der Waals surface area contributed by atoms with E-state index in [2.05, 4.69) is 10.5 Å². The largest absolute Gasteiger partial charge is 0.409 e. The van der Waals surface area contributed by atoms with Crippen molar-refractivity contribution in [2.75, 3.05) is 11.9 Å². The molecule has 1 atom stereocenters. The highest BCUT2D eigenvalue weighted by Gasteiger charge is 2.22. The van der Waals surface area contributed by atoms with Gasteiger partial charge in [0.05, 0.1) is 5.69 Å². The number of nitrogens with zero attached hydrogens (tertiary/aromatic N) is 1. The third kappa shape index (κ3) is 3.24. The lowest BCUT2D eigenvalue weighted by molar-refractivity contribution is -0.130. The second-order valence-electron chi connectivity index (χ2n) is 4.52.